The van der Waals surface area contributed by atoms with Gasteiger partial charge in [-0.1, -0.05) is 6.92 Å². The maximum atomic E-state index is 12.5. The van der Waals surface area contributed by atoms with E-state index >= 15 is 0 Å². The average molecular weight is 344 g/mol. The third-order valence-corrected chi connectivity index (χ3v) is 5.42. The molecule has 2 aliphatic rings. The molecule has 1 N–H and O–H groups in total. The maximum absolute atomic E-state index is 12.5. The van der Waals surface area contributed by atoms with Gasteiger partial charge in [-0.05, 0) is 32.6 Å². The van der Waals surface area contributed by atoms with E-state index in [1.807, 2.05) is 11.8 Å². The monoisotopic (exact) mass is 344 g/mol. The number of carbonyl (C=O) groups excluding carboxylic acids is 1. The number of hydrogen-bond acceptors (Lipinski definition) is 4. The fourth-order valence-corrected chi connectivity index (χ4v) is 4.02. The number of aromatic nitrogens is 3. The molecule has 0 aliphatic carbocycles. The van der Waals surface area contributed by atoms with Crippen molar-refractivity contribution in [2.45, 2.75) is 51.6 Å². The number of carbonyl (C=O) groups is 1. The summed E-state index contributed by atoms with van der Waals surface area (Å²) in [6, 6.07) is 1.60. The number of nitrogens with one attached hydrogen (secondary N) is 1. The lowest BCUT2D eigenvalue weighted by Gasteiger charge is -2.20. The first-order valence-electron chi connectivity index (χ1n) is 9.10. The second-order valence-electron chi connectivity index (χ2n) is 7.02. The Morgan fingerprint density at radius 2 is 2.28 bits per heavy atom. The lowest BCUT2D eigenvalue weighted by Crippen LogP contribution is -2.37. The summed E-state index contributed by atoms with van der Waals surface area (Å²) in [5.74, 6) is 0.201. The average Bonchev–Trinajstić information content (AvgIpc) is 3.33. The van der Waals surface area contributed by atoms with E-state index in [9.17, 15) is 9.59 Å². The third kappa shape index (κ3) is 2.76. The van der Waals surface area contributed by atoms with E-state index in [4.69, 9.17) is 9.72 Å². The summed E-state index contributed by atoms with van der Waals surface area (Å²) in [5.41, 5.74) is 3.47. The second kappa shape index (κ2) is 6.29. The number of H-pyrrole nitrogens is 1. The number of aryl methyl sites for hydroxylation is 2. The number of fused-ring (bicyclic) bond motifs is 1. The largest absolute Gasteiger partial charge is 0.368 e. The number of nitrogens with zero attached hydrogens (tertiary/aromatic N) is 3. The van der Waals surface area contributed by atoms with Crippen LogP contribution >= 0.6 is 0 Å². The fraction of sp³-hybridized carbons (Fsp3) is 0.611. The molecule has 0 spiro atoms. The van der Waals surface area contributed by atoms with Gasteiger partial charge in [-0.25, -0.2) is 9.50 Å². The lowest BCUT2D eigenvalue weighted by atomic mass is 10.0. The van der Waals surface area contributed by atoms with Crippen LogP contribution in [0, 0.1) is 6.92 Å². The Kier molecular flexibility index (Phi) is 4.11. The summed E-state index contributed by atoms with van der Waals surface area (Å²) in [6.07, 6.45) is 3.15. The van der Waals surface area contributed by atoms with Crippen molar-refractivity contribution in [3.63, 3.8) is 0 Å². The van der Waals surface area contributed by atoms with Crippen LogP contribution in [-0.2, 0) is 16.0 Å². The lowest BCUT2D eigenvalue weighted by molar-refractivity contribution is -0.139. The molecule has 2 aliphatic heterocycles. The number of amides is 1. The highest BCUT2D eigenvalue weighted by Crippen LogP contribution is 2.28. The predicted octanol–water partition coefficient (Wildman–Crippen LogP) is 1.39. The van der Waals surface area contributed by atoms with Gasteiger partial charge in [0, 0.05) is 42.9 Å². The van der Waals surface area contributed by atoms with E-state index in [0.29, 0.717) is 25.3 Å². The molecule has 1 amide bonds. The van der Waals surface area contributed by atoms with Crippen molar-refractivity contribution in [1.29, 1.82) is 0 Å². The van der Waals surface area contributed by atoms with Crippen LogP contribution in [0.5, 0.6) is 0 Å². The van der Waals surface area contributed by atoms with Crippen LogP contribution in [-0.4, -0.2) is 51.2 Å². The van der Waals surface area contributed by atoms with Crippen LogP contribution in [0.4, 0.5) is 0 Å². The van der Waals surface area contributed by atoms with Gasteiger partial charge in [0.25, 0.3) is 11.5 Å². The molecule has 0 aromatic carbocycles. The van der Waals surface area contributed by atoms with E-state index < -0.39 is 0 Å². The van der Waals surface area contributed by atoms with Gasteiger partial charge in [0.2, 0.25) is 0 Å². The van der Waals surface area contributed by atoms with Crippen molar-refractivity contribution in [2.75, 3.05) is 19.7 Å². The van der Waals surface area contributed by atoms with Gasteiger partial charge in [0.1, 0.15) is 6.10 Å². The third-order valence-electron chi connectivity index (χ3n) is 5.42. The number of aromatic amines is 1. The predicted molar refractivity (Wildman–Crippen MR) is 92.8 cm³/mol. The molecule has 2 aromatic rings. The highest BCUT2D eigenvalue weighted by atomic mass is 16.5. The molecule has 0 bridgehead atoms. The second-order valence-corrected chi connectivity index (χ2v) is 7.02. The van der Waals surface area contributed by atoms with Crippen LogP contribution in [0.3, 0.4) is 0 Å². The van der Waals surface area contributed by atoms with Gasteiger partial charge in [0.05, 0.1) is 5.69 Å². The Morgan fingerprint density at radius 1 is 1.44 bits per heavy atom. The molecule has 134 valence electrons. The molecule has 0 saturated carbocycles. The minimum atomic E-state index is -0.279. The van der Waals surface area contributed by atoms with Crippen molar-refractivity contribution in [3.8, 4) is 0 Å². The Bertz CT molecular complexity index is 863. The van der Waals surface area contributed by atoms with Gasteiger partial charge in [-0.3, -0.25) is 14.7 Å². The van der Waals surface area contributed by atoms with Crippen LogP contribution < -0.4 is 5.56 Å². The van der Waals surface area contributed by atoms with Gasteiger partial charge < -0.3 is 9.64 Å². The molecule has 4 rings (SSSR count). The van der Waals surface area contributed by atoms with Gasteiger partial charge in [-0.2, -0.15) is 0 Å². The first-order valence-corrected chi connectivity index (χ1v) is 9.10. The van der Waals surface area contributed by atoms with E-state index in [1.54, 1.807) is 6.07 Å². The van der Waals surface area contributed by atoms with Gasteiger partial charge in [0.15, 0.2) is 5.65 Å². The topological polar surface area (TPSA) is 79.7 Å². The highest BCUT2D eigenvalue weighted by molar-refractivity contribution is 5.81. The SMILES string of the molecule is CCc1c(C)[nH]n2c(=O)cc([C@@H]3CCN(C(=O)[C@@H]4CCCO4)C3)nc12. The van der Waals surface area contributed by atoms with Gasteiger partial charge in [-0.15, -0.1) is 0 Å². The van der Waals surface area contributed by atoms with E-state index in [0.717, 1.165) is 42.6 Å². The van der Waals surface area contributed by atoms with Crippen molar-refractivity contribution in [1.82, 2.24) is 19.5 Å². The van der Waals surface area contributed by atoms with Crippen LogP contribution in [0.15, 0.2) is 10.9 Å². The summed E-state index contributed by atoms with van der Waals surface area (Å²) in [4.78, 5) is 31.6. The van der Waals surface area contributed by atoms with E-state index in [1.165, 1.54) is 4.52 Å². The zero-order valence-corrected chi connectivity index (χ0v) is 14.7. The summed E-state index contributed by atoms with van der Waals surface area (Å²) in [5, 5.41) is 3.09. The minimum Gasteiger partial charge on any atom is -0.368 e. The van der Waals surface area contributed by atoms with Crippen LogP contribution in [0.2, 0.25) is 0 Å². The van der Waals surface area contributed by atoms with Crippen molar-refractivity contribution in [2.24, 2.45) is 0 Å². The molecule has 2 aromatic heterocycles. The zero-order valence-electron chi connectivity index (χ0n) is 14.7. The summed E-state index contributed by atoms with van der Waals surface area (Å²) >= 11 is 0. The van der Waals surface area contributed by atoms with E-state index in [-0.39, 0.29) is 23.5 Å². The first-order chi connectivity index (χ1) is 12.1. The van der Waals surface area contributed by atoms with Crippen molar-refractivity contribution >= 4 is 11.6 Å². The molecule has 7 nitrogen and oxygen atoms in total. The smallest absolute Gasteiger partial charge is 0.272 e. The quantitative estimate of drug-likeness (QED) is 0.912. The van der Waals surface area contributed by atoms with Crippen molar-refractivity contribution in [3.05, 3.63) is 33.4 Å². The summed E-state index contributed by atoms with van der Waals surface area (Å²) in [7, 11) is 0. The molecule has 2 atom stereocenters. The summed E-state index contributed by atoms with van der Waals surface area (Å²) < 4.78 is 7.03. The highest BCUT2D eigenvalue weighted by Gasteiger charge is 2.34. The molecule has 25 heavy (non-hydrogen) atoms. The minimum absolute atomic E-state index is 0.0875. The van der Waals surface area contributed by atoms with Crippen LogP contribution in [0.25, 0.3) is 5.65 Å². The molecule has 0 unspecified atom stereocenters. The standard InChI is InChI=1S/C18H24N4O3/c1-3-13-11(2)20-22-16(23)9-14(19-17(13)22)12-6-7-21(10-12)18(24)15-5-4-8-25-15/h9,12,15,20H,3-8,10H2,1-2H3/t12-,15+/m1/s1. The molecule has 4 heterocycles. The van der Waals surface area contributed by atoms with Gasteiger partial charge >= 0.3 is 0 Å². The fourth-order valence-electron chi connectivity index (χ4n) is 4.02. The first kappa shape index (κ1) is 16.3. The molecule has 2 saturated heterocycles. The summed E-state index contributed by atoms with van der Waals surface area (Å²) in [6.45, 7) is 6.02. The number of likely N-dealkylation sites (tertiary alicyclic amines) is 1. The van der Waals surface area contributed by atoms with Crippen LogP contribution in [0.1, 0.15) is 49.1 Å². The number of rotatable bonds is 3. The molecule has 7 heteroatoms. The normalized spacial score (nSPS) is 23.7. The molecule has 0 radical (unpaired) electrons. The van der Waals surface area contributed by atoms with E-state index in [2.05, 4.69) is 12.0 Å². The Hall–Kier alpha value is -2.15. The number of ether oxygens (including phenoxy) is 1. The Labute approximate surface area is 146 Å². The maximum Gasteiger partial charge on any atom is 0.272 e. The molecular weight excluding hydrogens is 320 g/mol. The van der Waals surface area contributed by atoms with Crippen molar-refractivity contribution < 1.29 is 9.53 Å². The molecular formula is C18H24N4O3. The Balaban J connectivity index is 1.60. The Morgan fingerprint density at radius 3 is 3.00 bits per heavy atom. The number of hydrogen-bond donors (Lipinski definition) is 1. The zero-order chi connectivity index (χ0) is 17.6. The molecule has 2 fully saturated rings.